The van der Waals surface area contributed by atoms with E-state index >= 15 is 0 Å². The summed E-state index contributed by atoms with van der Waals surface area (Å²) in [5.41, 5.74) is 2.19. The Balaban J connectivity index is 1.49. The first-order chi connectivity index (χ1) is 15.0. The van der Waals surface area contributed by atoms with Crippen LogP contribution < -0.4 is 5.32 Å². The minimum absolute atomic E-state index is 0.0508. The van der Waals surface area contributed by atoms with Crippen LogP contribution in [0.4, 0.5) is 20.3 Å². The molecular weight excluding hydrogens is 398 g/mol. The fraction of sp³-hybridized carbons (Fsp3) is 0.333. The lowest BCUT2D eigenvalue weighted by Crippen LogP contribution is -2.41. The molecule has 1 amide bonds. The highest BCUT2D eigenvalue weighted by atomic mass is 19.1. The average Bonchev–Trinajstić information content (AvgIpc) is 3.57. The molecule has 160 valence electrons. The van der Waals surface area contributed by atoms with Gasteiger partial charge < -0.3 is 14.8 Å². The molecule has 1 N–H and O–H groups in total. The lowest BCUT2D eigenvalue weighted by atomic mass is 10.0. The smallest absolute Gasteiger partial charge is 0.226 e. The number of fused-ring (bicyclic) bond motifs is 1. The van der Waals surface area contributed by atoms with Crippen LogP contribution in [-0.2, 0) is 17.9 Å². The highest BCUT2D eigenvalue weighted by molar-refractivity contribution is 5.80. The van der Waals surface area contributed by atoms with Gasteiger partial charge in [0.25, 0.3) is 0 Å². The van der Waals surface area contributed by atoms with Gasteiger partial charge in [-0.25, -0.2) is 13.8 Å². The summed E-state index contributed by atoms with van der Waals surface area (Å²) >= 11 is 0. The summed E-state index contributed by atoms with van der Waals surface area (Å²) in [6.45, 7) is 3.68. The van der Waals surface area contributed by atoms with Crippen LogP contribution in [-0.4, -0.2) is 26.9 Å². The van der Waals surface area contributed by atoms with E-state index in [1.54, 1.807) is 24.3 Å². The van der Waals surface area contributed by atoms with E-state index in [-0.39, 0.29) is 23.5 Å². The molecule has 0 spiro atoms. The fourth-order valence-electron chi connectivity index (χ4n) is 4.21. The summed E-state index contributed by atoms with van der Waals surface area (Å²) in [5, 5.41) is 3.35. The number of carbonyl (C=O) groups is 1. The van der Waals surface area contributed by atoms with Crippen LogP contribution >= 0.6 is 0 Å². The largest absolute Gasteiger partial charge is 0.340 e. The second-order valence-electron chi connectivity index (χ2n) is 8.40. The van der Waals surface area contributed by atoms with E-state index in [0.717, 1.165) is 35.7 Å². The van der Waals surface area contributed by atoms with E-state index in [4.69, 9.17) is 4.98 Å². The van der Waals surface area contributed by atoms with Crippen LogP contribution in [0.3, 0.4) is 0 Å². The number of aromatic nitrogens is 2. The van der Waals surface area contributed by atoms with Gasteiger partial charge in [0.1, 0.15) is 29.0 Å². The molecule has 1 atom stereocenters. The minimum atomic E-state index is -0.313. The first-order valence-electron chi connectivity index (χ1n) is 10.7. The topological polar surface area (TPSA) is 50.2 Å². The van der Waals surface area contributed by atoms with E-state index in [1.165, 1.54) is 24.3 Å². The Morgan fingerprint density at radius 3 is 2.32 bits per heavy atom. The van der Waals surface area contributed by atoms with Gasteiger partial charge in [0.2, 0.25) is 5.91 Å². The maximum absolute atomic E-state index is 13.5. The standard InChI is InChI=1S/C24H24F2N4O/c1-15(16-2-3-16)24(31)29-12-13-30-21(14-29)28-22(17-4-6-18(25)7-5-17)23(30)27-20-10-8-19(26)9-11-20/h4-11,15-16,27H,2-3,12-14H2,1H3. The molecular formula is C24H24F2N4O. The van der Waals surface area contributed by atoms with Gasteiger partial charge in [-0.2, -0.15) is 0 Å². The van der Waals surface area contributed by atoms with E-state index in [0.29, 0.717) is 31.2 Å². The predicted molar refractivity (Wildman–Crippen MR) is 115 cm³/mol. The zero-order chi connectivity index (χ0) is 21.5. The van der Waals surface area contributed by atoms with Crippen LogP contribution in [0.1, 0.15) is 25.6 Å². The highest BCUT2D eigenvalue weighted by Crippen LogP contribution is 2.38. The van der Waals surface area contributed by atoms with Crippen LogP contribution in [0.15, 0.2) is 48.5 Å². The van der Waals surface area contributed by atoms with Crippen LogP contribution in [0, 0.1) is 23.5 Å². The van der Waals surface area contributed by atoms with Gasteiger partial charge in [0, 0.05) is 30.3 Å². The molecule has 0 radical (unpaired) electrons. The monoisotopic (exact) mass is 422 g/mol. The van der Waals surface area contributed by atoms with Gasteiger partial charge in [-0.15, -0.1) is 0 Å². The second-order valence-corrected chi connectivity index (χ2v) is 8.40. The molecule has 0 saturated heterocycles. The third-order valence-electron chi connectivity index (χ3n) is 6.23. The first-order valence-corrected chi connectivity index (χ1v) is 10.7. The maximum atomic E-state index is 13.5. The highest BCUT2D eigenvalue weighted by Gasteiger charge is 2.36. The number of halogens is 2. The van der Waals surface area contributed by atoms with E-state index in [2.05, 4.69) is 9.88 Å². The molecule has 31 heavy (non-hydrogen) atoms. The van der Waals surface area contributed by atoms with Crippen molar-refractivity contribution in [2.75, 3.05) is 11.9 Å². The molecule has 2 heterocycles. The zero-order valence-corrected chi connectivity index (χ0v) is 17.3. The van der Waals surface area contributed by atoms with Gasteiger partial charge in [0.05, 0.1) is 6.54 Å². The first kappa shape index (κ1) is 19.7. The molecule has 1 fully saturated rings. The normalized spacial score (nSPS) is 16.7. The van der Waals surface area contributed by atoms with Crippen LogP contribution in [0.25, 0.3) is 11.3 Å². The Morgan fingerprint density at radius 2 is 1.68 bits per heavy atom. The summed E-state index contributed by atoms with van der Waals surface area (Å²) in [5.74, 6) is 1.68. The zero-order valence-electron chi connectivity index (χ0n) is 17.3. The van der Waals surface area contributed by atoms with Crippen molar-refractivity contribution in [3.63, 3.8) is 0 Å². The fourth-order valence-corrected chi connectivity index (χ4v) is 4.21. The number of rotatable bonds is 5. The van der Waals surface area contributed by atoms with Gasteiger partial charge in [-0.1, -0.05) is 6.92 Å². The van der Waals surface area contributed by atoms with E-state index in [9.17, 15) is 13.6 Å². The quantitative estimate of drug-likeness (QED) is 0.632. The lowest BCUT2D eigenvalue weighted by molar-refractivity contribution is -0.137. The average molecular weight is 422 g/mol. The van der Waals surface area contributed by atoms with Crippen molar-refractivity contribution in [2.45, 2.75) is 32.9 Å². The molecule has 1 saturated carbocycles. The van der Waals surface area contributed by atoms with Crippen LogP contribution in [0.2, 0.25) is 0 Å². The van der Waals surface area contributed by atoms with Gasteiger partial charge in [-0.3, -0.25) is 4.79 Å². The van der Waals surface area contributed by atoms with Gasteiger partial charge in [-0.05, 0) is 67.3 Å². The van der Waals surface area contributed by atoms with Crippen molar-refractivity contribution in [3.05, 3.63) is 66.0 Å². The molecule has 2 aromatic carbocycles. The molecule has 5 nitrogen and oxygen atoms in total. The molecule has 0 bridgehead atoms. The summed E-state index contributed by atoms with van der Waals surface area (Å²) in [4.78, 5) is 19.6. The van der Waals surface area contributed by atoms with Crippen molar-refractivity contribution in [1.29, 1.82) is 0 Å². The lowest BCUT2D eigenvalue weighted by Gasteiger charge is -2.30. The Labute approximate surface area is 179 Å². The van der Waals surface area contributed by atoms with Crippen molar-refractivity contribution < 1.29 is 13.6 Å². The third kappa shape index (κ3) is 3.92. The molecule has 1 aromatic heterocycles. The molecule has 1 aliphatic carbocycles. The predicted octanol–water partition coefficient (Wildman–Crippen LogP) is 4.96. The number of amides is 1. The Hall–Kier alpha value is -3.22. The number of hydrogen-bond acceptors (Lipinski definition) is 3. The maximum Gasteiger partial charge on any atom is 0.226 e. The van der Waals surface area contributed by atoms with Crippen molar-refractivity contribution in [1.82, 2.24) is 14.5 Å². The second kappa shape index (κ2) is 7.80. The molecule has 2 aliphatic rings. The SMILES string of the molecule is CC(C(=O)N1CCn2c(nc(-c3ccc(F)cc3)c2Nc2ccc(F)cc2)C1)C1CC1. The summed E-state index contributed by atoms with van der Waals surface area (Å²) in [6.07, 6.45) is 2.27. The number of nitrogens with one attached hydrogen (secondary N) is 1. The molecule has 1 unspecified atom stereocenters. The molecule has 1 aliphatic heterocycles. The van der Waals surface area contributed by atoms with E-state index < -0.39 is 0 Å². The molecule has 3 aromatic rings. The number of imidazole rings is 1. The van der Waals surface area contributed by atoms with Crippen LogP contribution in [0.5, 0.6) is 0 Å². The third-order valence-corrected chi connectivity index (χ3v) is 6.23. The number of carbonyl (C=O) groups excluding carboxylic acids is 1. The summed E-state index contributed by atoms with van der Waals surface area (Å²) < 4.78 is 28.9. The minimum Gasteiger partial charge on any atom is -0.340 e. The number of hydrogen-bond donors (Lipinski definition) is 1. The Bertz CT molecular complexity index is 1100. The van der Waals surface area contributed by atoms with Crippen molar-refractivity contribution in [3.8, 4) is 11.3 Å². The molecule has 5 rings (SSSR count). The van der Waals surface area contributed by atoms with Gasteiger partial charge in [0.15, 0.2) is 0 Å². The Kier molecular flexibility index (Phi) is 4.96. The van der Waals surface area contributed by atoms with Crippen molar-refractivity contribution in [2.24, 2.45) is 11.8 Å². The Morgan fingerprint density at radius 1 is 1.03 bits per heavy atom. The van der Waals surface area contributed by atoms with Crippen molar-refractivity contribution >= 4 is 17.4 Å². The summed E-state index contributed by atoms with van der Waals surface area (Å²) in [6, 6.07) is 12.3. The number of nitrogens with zero attached hydrogens (tertiary/aromatic N) is 3. The molecule has 7 heteroatoms. The summed E-state index contributed by atoms with van der Waals surface area (Å²) in [7, 11) is 0. The number of anilines is 2. The number of benzene rings is 2. The van der Waals surface area contributed by atoms with E-state index in [1.807, 2.05) is 11.8 Å². The van der Waals surface area contributed by atoms with Gasteiger partial charge >= 0.3 is 0 Å².